The van der Waals surface area contributed by atoms with Crippen molar-refractivity contribution in [3.63, 3.8) is 0 Å². The maximum absolute atomic E-state index is 13.6. The molecule has 22 nitrogen and oxygen atoms in total. The van der Waals surface area contributed by atoms with Crippen molar-refractivity contribution in [1.82, 2.24) is 19.9 Å². The van der Waals surface area contributed by atoms with Gasteiger partial charge in [-0.1, -0.05) is 24.3 Å². The number of H-pyrrole nitrogens is 1. The first-order chi connectivity index (χ1) is 28.1. The number of nitrogens with one attached hydrogen (secondary N) is 4. The molecule has 4 heterocycles. The van der Waals surface area contributed by atoms with Crippen molar-refractivity contribution in [1.29, 1.82) is 10.8 Å². The minimum absolute atomic E-state index is 0. The van der Waals surface area contributed by atoms with Gasteiger partial charge in [-0.05, 0) is 44.9 Å². The molecule has 1 fully saturated rings. The van der Waals surface area contributed by atoms with Crippen LogP contribution in [-0.4, -0.2) is 84.9 Å². The molecular weight excluding hydrogens is 824 g/mol. The second kappa shape index (κ2) is 28.8. The summed E-state index contributed by atoms with van der Waals surface area (Å²) in [7, 11) is 0. The number of halogens is 1. The molecule has 0 saturated carbocycles. The molecule has 0 aliphatic carbocycles. The number of aromatic amines is 1. The molecule has 61 heavy (non-hydrogen) atoms. The van der Waals surface area contributed by atoms with Crippen molar-refractivity contribution in [3.05, 3.63) is 69.2 Å². The van der Waals surface area contributed by atoms with Gasteiger partial charge in [0.05, 0.1) is 30.8 Å². The molecule has 3 aromatic heterocycles. The van der Waals surface area contributed by atoms with Crippen LogP contribution in [-0.2, 0) is 25.5 Å². The van der Waals surface area contributed by atoms with E-state index in [4.69, 9.17) is 58.7 Å². The average molecular weight is 875 g/mol. The number of guanidine groups is 2. The molecule has 4 aromatic rings. The third kappa shape index (κ3) is 22.2. The number of ether oxygens (including phenoxy) is 2. The summed E-state index contributed by atoms with van der Waals surface area (Å²) in [6.07, 6.45) is 7.48. The number of aryl methyl sites for hydroxylation is 1. The predicted molar refractivity (Wildman–Crippen MR) is 230 cm³/mol. The summed E-state index contributed by atoms with van der Waals surface area (Å²) in [5.41, 5.74) is 25.2. The Balaban J connectivity index is 0. The largest absolute Gasteiger partial charge is 0.503 e. The lowest BCUT2D eigenvalue weighted by molar-refractivity contribution is -0.150. The van der Waals surface area contributed by atoms with E-state index in [-0.39, 0.29) is 73.9 Å². The van der Waals surface area contributed by atoms with Gasteiger partial charge >= 0.3 is 18.2 Å². The molecule has 332 valence electrons. The van der Waals surface area contributed by atoms with E-state index in [0.717, 1.165) is 18.8 Å². The van der Waals surface area contributed by atoms with Crippen LogP contribution in [0.3, 0.4) is 0 Å². The van der Waals surface area contributed by atoms with Crippen molar-refractivity contribution in [2.24, 2.45) is 28.9 Å². The SMILES string of the molecule is C#CCC(C(C)=O)C(=O)OCC.C#CCc1c(O)nc(N)[nH]c1=O.Cc1cc2c(N[C@@H](C)c3ccc(C4COC4)cc3)nc(F)nc2o1.N=C(N)N.N=C(N)N.O=C(O)O.S. The van der Waals surface area contributed by atoms with Crippen LogP contribution in [0, 0.1) is 54.4 Å². The van der Waals surface area contributed by atoms with E-state index in [1.165, 1.54) is 12.5 Å². The molecule has 1 aliphatic heterocycles. The maximum atomic E-state index is 13.6. The van der Waals surface area contributed by atoms with Crippen LogP contribution in [0.2, 0.25) is 0 Å². The fourth-order valence-electron chi connectivity index (χ4n) is 4.42. The Kier molecular flexibility index (Phi) is 26.2. The summed E-state index contributed by atoms with van der Waals surface area (Å²) in [6.45, 7) is 8.70. The van der Waals surface area contributed by atoms with Crippen LogP contribution >= 0.6 is 13.5 Å². The second-order valence-electron chi connectivity index (χ2n) is 11.8. The number of Topliss-reactive ketones (excluding diaryl/α,β-unsaturated/α-hetero) is 1. The zero-order valence-corrected chi connectivity index (χ0v) is 34.6. The Labute approximate surface area is 356 Å². The number of nitrogens with zero attached hydrogens (tertiary/aromatic N) is 3. The number of carbonyl (C=O) groups is 3. The van der Waals surface area contributed by atoms with E-state index in [0.29, 0.717) is 22.9 Å². The smallest absolute Gasteiger partial charge is 0.493 e. The topological polar surface area (TPSA) is 405 Å². The van der Waals surface area contributed by atoms with Crippen molar-refractivity contribution < 1.29 is 48.0 Å². The van der Waals surface area contributed by atoms with Gasteiger partial charge < -0.3 is 63.2 Å². The number of terminal acetylenes is 2. The molecule has 17 N–H and O–H groups in total. The predicted octanol–water partition coefficient (Wildman–Crippen LogP) is 1.98. The first kappa shape index (κ1) is 55.5. The normalized spacial score (nSPS) is 11.6. The zero-order valence-electron chi connectivity index (χ0n) is 33.6. The van der Waals surface area contributed by atoms with E-state index in [9.17, 15) is 18.8 Å². The van der Waals surface area contributed by atoms with Crippen LogP contribution in [0.15, 0.2) is 39.5 Å². The number of ketones is 1. The molecule has 0 amide bonds. The van der Waals surface area contributed by atoms with Crippen LogP contribution in [0.4, 0.5) is 21.0 Å². The lowest BCUT2D eigenvalue weighted by atomic mass is 9.95. The Morgan fingerprint density at radius 2 is 1.61 bits per heavy atom. The third-order valence-electron chi connectivity index (χ3n) is 7.06. The van der Waals surface area contributed by atoms with Gasteiger partial charge in [-0.15, -0.1) is 24.7 Å². The Bertz CT molecular complexity index is 2160. The van der Waals surface area contributed by atoms with E-state index in [1.807, 2.05) is 13.0 Å². The van der Waals surface area contributed by atoms with Crippen LogP contribution in [0.5, 0.6) is 5.88 Å². The molecule has 0 radical (unpaired) electrons. The monoisotopic (exact) mass is 874 g/mol. The highest BCUT2D eigenvalue weighted by Gasteiger charge is 2.23. The first-order valence-electron chi connectivity index (χ1n) is 17.2. The molecule has 0 spiro atoms. The number of hydrogen-bond acceptors (Lipinski definition) is 15. The van der Waals surface area contributed by atoms with Gasteiger partial charge in [0, 0.05) is 24.8 Å². The molecular formula is C37H51FN12O10S. The summed E-state index contributed by atoms with van der Waals surface area (Å²) >= 11 is 0. The number of fused-ring (bicyclic) bond motifs is 1. The van der Waals surface area contributed by atoms with Gasteiger partial charge in [0.25, 0.3) is 5.56 Å². The number of furan rings is 1. The van der Waals surface area contributed by atoms with Crippen molar-refractivity contribution >= 4 is 66.2 Å². The van der Waals surface area contributed by atoms with E-state index < -0.39 is 35.6 Å². The minimum Gasteiger partial charge on any atom is -0.493 e. The molecule has 5 rings (SSSR count). The quantitative estimate of drug-likeness (QED) is 0.0285. The van der Waals surface area contributed by atoms with Crippen molar-refractivity contribution in [3.8, 4) is 30.6 Å². The fourth-order valence-corrected chi connectivity index (χ4v) is 4.42. The van der Waals surface area contributed by atoms with Crippen molar-refractivity contribution in [2.45, 2.75) is 52.5 Å². The highest BCUT2D eigenvalue weighted by atomic mass is 32.1. The second-order valence-corrected chi connectivity index (χ2v) is 11.8. The van der Waals surface area contributed by atoms with E-state index in [1.54, 1.807) is 13.8 Å². The minimum atomic E-state index is -1.83. The molecule has 1 unspecified atom stereocenters. The number of carbonyl (C=O) groups excluding carboxylic acids is 2. The number of esters is 1. The maximum Gasteiger partial charge on any atom is 0.503 e. The summed E-state index contributed by atoms with van der Waals surface area (Å²) in [5, 5.41) is 39.1. The van der Waals surface area contributed by atoms with E-state index >= 15 is 0 Å². The van der Waals surface area contributed by atoms with Gasteiger partial charge in [-0.3, -0.25) is 30.2 Å². The number of aromatic hydroxyl groups is 1. The molecule has 1 saturated heterocycles. The summed E-state index contributed by atoms with van der Waals surface area (Å²) in [4.78, 5) is 54.7. The number of nitrogens with two attached hydrogens (primary N) is 5. The number of rotatable bonds is 9. The number of nitrogen functional groups attached to an aromatic ring is 1. The highest BCUT2D eigenvalue weighted by molar-refractivity contribution is 7.59. The van der Waals surface area contributed by atoms with Gasteiger partial charge in [0.2, 0.25) is 17.5 Å². The summed E-state index contributed by atoms with van der Waals surface area (Å²) in [6, 6.07) is 10.2. The Morgan fingerprint density at radius 1 is 1.07 bits per heavy atom. The number of carboxylic acid groups (broad SMARTS) is 2. The lowest BCUT2D eigenvalue weighted by Crippen LogP contribution is -2.25. The third-order valence-corrected chi connectivity index (χ3v) is 7.06. The van der Waals surface area contributed by atoms with Crippen LogP contribution < -0.4 is 39.5 Å². The van der Waals surface area contributed by atoms with Gasteiger partial charge in [0.15, 0.2) is 11.9 Å². The highest BCUT2D eigenvalue weighted by Crippen LogP contribution is 2.29. The van der Waals surface area contributed by atoms with Gasteiger partial charge in [0.1, 0.15) is 23.3 Å². The molecule has 1 aromatic carbocycles. The number of benzene rings is 1. The van der Waals surface area contributed by atoms with Gasteiger partial charge in [-0.2, -0.15) is 32.8 Å². The van der Waals surface area contributed by atoms with Crippen molar-refractivity contribution in [2.75, 3.05) is 30.9 Å². The lowest BCUT2D eigenvalue weighted by Gasteiger charge is -2.26. The fraction of sp³-hybridized carbons (Fsp3) is 0.324. The summed E-state index contributed by atoms with van der Waals surface area (Å²) in [5.74, 6) is 3.36. The Morgan fingerprint density at radius 3 is 2.03 bits per heavy atom. The average Bonchev–Trinajstić information content (AvgIpc) is 3.48. The number of aromatic nitrogens is 4. The number of hydrogen-bond donors (Lipinski definition) is 12. The van der Waals surface area contributed by atoms with Gasteiger partial charge in [-0.25, -0.2) is 4.79 Å². The van der Waals surface area contributed by atoms with Crippen LogP contribution in [0.1, 0.15) is 61.6 Å². The molecule has 1 aliphatic rings. The zero-order chi connectivity index (χ0) is 46.1. The molecule has 2 atom stereocenters. The standard InChI is InChI=1S/C18H18FN3O2.C9H12O3.C7H7N3O2.2CH5N3.CH2O3.H2S/c1-10-7-15-16(21-18(19)22-17(15)24-10)20-11(2)12-3-5-13(6-4-12)14-8-23-9-14;1-4-6-8(7(3)10)9(11)12-5-2;1-2-3-4-5(11)9-7(8)10-6(4)12;3*2-1(3)4;/h3-7,11,14H,8-9H2,1-2H3,(H,20,21,22);1,8H,5-6H2,2-3H3;1H,3H2,(H4,8,9,10,11,12);2*(H5,2,3,4);(H2,2,3,4);1H2/t11-;;;;;;/m0....../s1. The molecule has 0 bridgehead atoms. The summed E-state index contributed by atoms with van der Waals surface area (Å²) < 4.78 is 28.9. The number of anilines is 2. The molecule has 24 heteroatoms. The van der Waals surface area contributed by atoms with Crippen LogP contribution in [0.25, 0.3) is 11.1 Å². The Hall–Kier alpha value is -7.57. The van der Waals surface area contributed by atoms with E-state index in [2.05, 4.69) is 89.0 Å². The first-order valence-corrected chi connectivity index (χ1v) is 17.2.